The molecular formula is C22H28N2O2. The fourth-order valence-corrected chi connectivity index (χ4v) is 3.42. The molecule has 0 unspecified atom stereocenters. The summed E-state index contributed by atoms with van der Waals surface area (Å²) in [6, 6.07) is 18.5. The molecule has 2 aromatic rings. The summed E-state index contributed by atoms with van der Waals surface area (Å²) in [4.78, 5) is 17.1. The second-order valence-electron chi connectivity index (χ2n) is 6.84. The fraction of sp³-hybridized carbons (Fsp3) is 0.409. The van der Waals surface area contributed by atoms with E-state index >= 15 is 0 Å². The Hall–Kier alpha value is -2.33. The lowest BCUT2D eigenvalue weighted by molar-refractivity contribution is -0.131. The summed E-state index contributed by atoms with van der Waals surface area (Å²) in [6.07, 6.45) is 2.40. The highest BCUT2D eigenvalue weighted by atomic mass is 16.5. The number of nitrogens with zero attached hydrogens (tertiary/aromatic N) is 2. The highest BCUT2D eigenvalue weighted by molar-refractivity contribution is 5.76. The van der Waals surface area contributed by atoms with Crippen LogP contribution in [0, 0.1) is 0 Å². The molecule has 26 heavy (non-hydrogen) atoms. The molecule has 0 saturated carbocycles. The Labute approximate surface area is 156 Å². The average molecular weight is 352 g/mol. The minimum Gasteiger partial charge on any atom is -0.497 e. The number of hydrogen-bond acceptors (Lipinski definition) is 3. The summed E-state index contributed by atoms with van der Waals surface area (Å²) in [5.74, 6) is 1.12. The van der Waals surface area contributed by atoms with E-state index in [1.807, 2.05) is 29.2 Å². The standard InChI is InChI=1S/C22H28N2O2/c1-26-21-11-8-19(9-12-21)10-13-22(25)24-15-5-14-23(16-17-24)18-20-6-3-2-4-7-20/h2-4,6-9,11-12H,5,10,13-18H2,1H3. The van der Waals surface area contributed by atoms with Crippen LogP contribution in [0.2, 0.25) is 0 Å². The van der Waals surface area contributed by atoms with Gasteiger partial charge in [-0.25, -0.2) is 0 Å². The van der Waals surface area contributed by atoms with E-state index in [2.05, 4.69) is 35.2 Å². The first-order chi connectivity index (χ1) is 12.7. The van der Waals surface area contributed by atoms with Crippen molar-refractivity contribution in [2.24, 2.45) is 0 Å². The third kappa shape index (κ3) is 5.33. The van der Waals surface area contributed by atoms with Gasteiger partial charge in [0.05, 0.1) is 7.11 Å². The van der Waals surface area contributed by atoms with Crippen LogP contribution in [-0.4, -0.2) is 49.0 Å². The van der Waals surface area contributed by atoms with Crippen molar-refractivity contribution in [3.8, 4) is 5.75 Å². The van der Waals surface area contributed by atoms with E-state index in [1.165, 1.54) is 11.1 Å². The summed E-state index contributed by atoms with van der Waals surface area (Å²) < 4.78 is 5.18. The largest absolute Gasteiger partial charge is 0.497 e. The summed E-state index contributed by atoms with van der Waals surface area (Å²) in [6.45, 7) is 4.66. The second kappa shape index (κ2) is 9.39. The van der Waals surface area contributed by atoms with E-state index in [1.54, 1.807) is 7.11 Å². The van der Waals surface area contributed by atoms with Gasteiger partial charge in [-0.15, -0.1) is 0 Å². The molecule has 0 N–H and O–H groups in total. The maximum Gasteiger partial charge on any atom is 0.222 e. The van der Waals surface area contributed by atoms with Gasteiger partial charge in [-0.05, 0) is 36.1 Å². The minimum absolute atomic E-state index is 0.266. The van der Waals surface area contributed by atoms with Crippen LogP contribution >= 0.6 is 0 Å². The molecule has 1 fully saturated rings. The third-order valence-corrected chi connectivity index (χ3v) is 4.98. The number of hydrogen-bond donors (Lipinski definition) is 0. The average Bonchev–Trinajstić information content (AvgIpc) is 2.93. The molecule has 2 aromatic carbocycles. The van der Waals surface area contributed by atoms with Crippen LogP contribution in [0.25, 0.3) is 0 Å². The van der Waals surface area contributed by atoms with E-state index < -0.39 is 0 Å². The molecule has 0 atom stereocenters. The van der Waals surface area contributed by atoms with E-state index in [0.717, 1.165) is 51.3 Å². The molecule has 4 heteroatoms. The van der Waals surface area contributed by atoms with Gasteiger partial charge >= 0.3 is 0 Å². The molecule has 0 aromatic heterocycles. The van der Waals surface area contributed by atoms with Gasteiger partial charge in [0.15, 0.2) is 0 Å². The van der Waals surface area contributed by atoms with Gasteiger partial charge < -0.3 is 9.64 Å². The highest BCUT2D eigenvalue weighted by Crippen LogP contribution is 2.14. The number of amides is 1. The number of aryl methyl sites for hydroxylation is 1. The van der Waals surface area contributed by atoms with Crippen molar-refractivity contribution in [1.82, 2.24) is 9.80 Å². The van der Waals surface area contributed by atoms with Crippen LogP contribution in [-0.2, 0) is 17.8 Å². The molecule has 1 heterocycles. The SMILES string of the molecule is COc1ccc(CCC(=O)N2CCCN(Cc3ccccc3)CC2)cc1. The quantitative estimate of drug-likeness (QED) is 0.799. The van der Waals surface area contributed by atoms with Crippen LogP contribution in [0.15, 0.2) is 54.6 Å². The van der Waals surface area contributed by atoms with Crippen molar-refractivity contribution >= 4 is 5.91 Å². The molecule has 0 radical (unpaired) electrons. The first-order valence-electron chi connectivity index (χ1n) is 9.41. The molecule has 1 aliphatic rings. The van der Waals surface area contributed by atoms with Crippen molar-refractivity contribution in [2.75, 3.05) is 33.3 Å². The Morgan fingerprint density at radius 2 is 1.69 bits per heavy atom. The van der Waals surface area contributed by atoms with Gasteiger partial charge in [0, 0.05) is 39.1 Å². The van der Waals surface area contributed by atoms with Gasteiger partial charge in [-0.3, -0.25) is 9.69 Å². The number of carbonyl (C=O) groups is 1. The van der Waals surface area contributed by atoms with Gasteiger partial charge in [-0.2, -0.15) is 0 Å². The molecule has 1 saturated heterocycles. The van der Waals surface area contributed by atoms with Crippen LogP contribution in [0.4, 0.5) is 0 Å². The molecule has 0 spiro atoms. The van der Waals surface area contributed by atoms with Gasteiger partial charge in [0.1, 0.15) is 5.75 Å². The van der Waals surface area contributed by atoms with Crippen LogP contribution < -0.4 is 4.74 Å². The molecule has 0 aliphatic carbocycles. The molecule has 1 amide bonds. The summed E-state index contributed by atoms with van der Waals surface area (Å²) in [7, 11) is 1.67. The maximum atomic E-state index is 12.6. The minimum atomic E-state index is 0.266. The van der Waals surface area contributed by atoms with Gasteiger partial charge in [0.2, 0.25) is 5.91 Å². The highest BCUT2D eigenvalue weighted by Gasteiger charge is 2.19. The molecule has 3 rings (SSSR count). The first-order valence-corrected chi connectivity index (χ1v) is 9.41. The van der Waals surface area contributed by atoms with E-state index in [9.17, 15) is 4.79 Å². The lowest BCUT2D eigenvalue weighted by atomic mass is 10.1. The fourth-order valence-electron chi connectivity index (χ4n) is 3.42. The first kappa shape index (κ1) is 18.5. The number of benzene rings is 2. The van der Waals surface area contributed by atoms with E-state index in [0.29, 0.717) is 6.42 Å². The zero-order valence-electron chi connectivity index (χ0n) is 15.6. The van der Waals surface area contributed by atoms with Gasteiger partial charge in [0.25, 0.3) is 0 Å². The normalized spacial score (nSPS) is 15.5. The summed E-state index contributed by atoms with van der Waals surface area (Å²) in [5.41, 5.74) is 2.52. The zero-order valence-corrected chi connectivity index (χ0v) is 15.6. The van der Waals surface area contributed by atoms with Crippen molar-refractivity contribution in [3.05, 3.63) is 65.7 Å². The lowest BCUT2D eigenvalue weighted by Gasteiger charge is -2.22. The van der Waals surface area contributed by atoms with E-state index in [4.69, 9.17) is 4.74 Å². The number of methoxy groups -OCH3 is 1. The lowest BCUT2D eigenvalue weighted by Crippen LogP contribution is -2.35. The number of rotatable bonds is 6. The molecule has 138 valence electrons. The Balaban J connectivity index is 1.46. The smallest absolute Gasteiger partial charge is 0.222 e. The summed E-state index contributed by atoms with van der Waals surface area (Å²) >= 11 is 0. The van der Waals surface area contributed by atoms with Crippen molar-refractivity contribution < 1.29 is 9.53 Å². The molecular weight excluding hydrogens is 324 g/mol. The van der Waals surface area contributed by atoms with Gasteiger partial charge in [-0.1, -0.05) is 42.5 Å². The van der Waals surface area contributed by atoms with Crippen molar-refractivity contribution in [2.45, 2.75) is 25.8 Å². The topological polar surface area (TPSA) is 32.8 Å². The van der Waals surface area contributed by atoms with Crippen molar-refractivity contribution in [1.29, 1.82) is 0 Å². The van der Waals surface area contributed by atoms with Crippen molar-refractivity contribution in [3.63, 3.8) is 0 Å². The van der Waals surface area contributed by atoms with Crippen LogP contribution in [0.3, 0.4) is 0 Å². The maximum absolute atomic E-state index is 12.6. The molecule has 0 bridgehead atoms. The third-order valence-electron chi connectivity index (χ3n) is 4.98. The Morgan fingerprint density at radius 1 is 0.923 bits per heavy atom. The van der Waals surface area contributed by atoms with Crippen LogP contribution in [0.5, 0.6) is 5.75 Å². The molecule has 4 nitrogen and oxygen atoms in total. The Bertz CT molecular complexity index is 685. The monoisotopic (exact) mass is 352 g/mol. The summed E-state index contributed by atoms with van der Waals surface area (Å²) in [5, 5.41) is 0. The predicted octanol–water partition coefficient (Wildman–Crippen LogP) is 3.36. The zero-order chi connectivity index (χ0) is 18.2. The van der Waals surface area contributed by atoms with E-state index in [-0.39, 0.29) is 5.91 Å². The Morgan fingerprint density at radius 3 is 2.42 bits per heavy atom. The van der Waals surface area contributed by atoms with Crippen LogP contribution in [0.1, 0.15) is 24.0 Å². The number of carbonyl (C=O) groups excluding carboxylic acids is 1. The predicted molar refractivity (Wildman–Crippen MR) is 104 cm³/mol. The molecule has 1 aliphatic heterocycles. The Kier molecular flexibility index (Phi) is 6.67. The number of ether oxygens (including phenoxy) is 1. The second-order valence-corrected chi connectivity index (χ2v) is 6.84.